The lowest BCUT2D eigenvalue weighted by molar-refractivity contribution is -0.165. The number of rotatable bonds is 12. The summed E-state index contributed by atoms with van der Waals surface area (Å²) >= 11 is 0. The second-order valence-corrected chi connectivity index (χ2v) is 12.4. The van der Waals surface area contributed by atoms with Crippen LogP contribution in [-0.2, 0) is 22.4 Å². The Morgan fingerprint density at radius 1 is 1.11 bits per heavy atom. The number of carbonyl (C=O) groups is 1. The molecule has 0 unspecified atom stereocenters. The number of halogens is 4. The van der Waals surface area contributed by atoms with Gasteiger partial charge in [0.2, 0.25) is 0 Å². The van der Waals surface area contributed by atoms with Crippen LogP contribution in [0.4, 0.5) is 17.6 Å². The first-order chi connectivity index (χ1) is 21.5. The Bertz CT molecular complexity index is 1600. The predicted octanol–water partition coefficient (Wildman–Crippen LogP) is 8.66. The van der Waals surface area contributed by atoms with Crippen LogP contribution in [0.5, 0.6) is 5.75 Å². The lowest BCUT2D eigenvalue weighted by Gasteiger charge is -2.22. The number of nitrogens with zero attached hydrogens (tertiary/aromatic N) is 2. The maximum atomic E-state index is 15.2. The van der Waals surface area contributed by atoms with Crippen LogP contribution >= 0.6 is 0 Å². The van der Waals surface area contributed by atoms with E-state index in [1.54, 1.807) is 32.4 Å². The van der Waals surface area contributed by atoms with Crippen molar-refractivity contribution in [3.8, 4) is 16.9 Å². The molecule has 0 atom stereocenters. The molecule has 3 aromatic rings. The van der Waals surface area contributed by atoms with Crippen LogP contribution in [0.1, 0.15) is 63.0 Å². The van der Waals surface area contributed by atoms with Gasteiger partial charge in [-0.15, -0.1) is 0 Å². The van der Waals surface area contributed by atoms with Gasteiger partial charge in [0.05, 0.1) is 12.6 Å². The van der Waals surface area contributed by atoms with Gasteiger partial charge in [-0.25, -0.2) is 4.39 Å². The molecule has 0 amide bonds. The normalized spacial score (nSPS) is 17.5. The highest BCUT2D eigenvalue weighted by Crippen LogP contribution is 2.59. The number of ketones is 1. The summed E-state index contributed by atoms with van der Waals surface area (Å²) in [5.74, 6) is 0.712. The number of hydrogen-bond donors (Lipinski definition) is 0. The lowest BCUT2D eigenvalue weighted by atomic mass is 9.92. The van der Waals surface area contributed by atoms with Gasteiger partial charge in [-0.3, -0.25) is 14.8 Å². The van der Waals surface area contributed by atoms with Crippen LogP contribution in [0, 0.1) is 17.2 Å². The second kappa shape index (κ2) is 13.8. The molecular weight excluding hydrogens is 584 g/mol. The average molecular weight is 625 g/mol. The number of alkyl halides is 3. The molecule has 240 valence electrons. The van der Waals surface area contributed by atoms with E-state index in [4.69, 9.17) is 9.47 Å². The molecule has 0 bridgehead atoms. The molecule has 5 rings (SSSR count). The minimum Gasteiger partial charge on any atom is -0.496 e. The fourth-order valence-electron chi connectivity index (χ4n) is 6.33. The molecule has 2 aromatic carbocycles. The monoisotopic (exact) mass is 624 g/mol. The van der Waals surface area contributed by atoms with Crippen molar-refractivity contribution in [2.24, 2.45) is 16.3 Å². The smallest absolute Gasteiger partial charge is 0.399 e. The van der Waals surface area contributed by atoms with Crippen LogP contribution in [0.3, 0.4) is 0 Å². The summed E-state index contributed by atoms with van der Waals surface area (Å²) in [6, 6.07) is 10.7. The van der Waals surface area contributed by atoms with Gasteiger partial charge in [0, 0.05) is 56.0 Å². The number of Topliss-reactive ketones (excluding diaryl/α,β-unsaturated/α-hetero) is 1. The predicted molar refractivity (Wildman–Crippen MR) is 168 cm³/mol. The van der Waals surface area contributed by atoms with Crippen molar-refractivity contribution < 1.29 is 31.8 Å². The molecule has 2 heterocycles. The van der Waals surface area contributed by atoms with E-state index in [0.717, 1.165) is 73.1 Å². The number of methoxy groups -OCH3 is 1. The molecule has 1 aromatic heterocycles. The van der Waals surface area contributed by atoms with E-state index < -0.39 is 17.4 Å². The Hall–Kier alpha value is -3.59. The highest BCUT2D eigenvalue weighted by Gasteiger charge is 2.65. The molecule has 1 aliphatic heterocycles. The summed E-state index contributed by atoms with van der Waals surface area (Å²) in [5.41, 5.74) is 2.04. The molecule has 1 aliphatic carbocycles. The molecule has 0 spiro atoms. The number of pyridine rings is 1. The van der Waals surface area contributed by atoms with Gasteiger partial charge in [0.1, 0.15) is 22.8 Å². The molecule has 0 radical (unpaired) electrons. The van der Waals surface area contributed by atoms with Crippen molar-refractivity contribution in [3.05, 3.63) is 71.2 Å². The number of benzene rings is 2. The zero-order valence-electron chi connectivity index (χ0n) is 26.1. The van der Waals surface area contributed by atoms with Gasteiger partial charge in [0.15, 0.2) is 0 Å². The third kappa shape index (κ3) is 7.63. The summed E-state index contributed by atoms with van der Waals surface area (Å²) in [6.45, 7) is 3.31. The molecule has 2 fully saturated rings. The number of carbonyl (C=O) groups excluding carboxylic acids is 1. The molecular formula is C36H40F4N2O3. The van der Waals surface area contributed by atoms with Crippen LogP contribution in [0.25, 0.3) is 22.0 Å². The maximum absolute atomic E-state index is 15.2. The number of aliphatic imine (C=N–C) groups is 1. The molecule has 5 nitrogen and oxygen atoms in total. The second-order valence-electron chi connectivity index (χ2n) is 12.4. The molecule has 9 heteroatoms. The standard InChI is InChI=1S/C36H40F4N2O3/c1-23(16-34(41-2)35(11-12-35)36(38,39)40)15-30(43)18-26-8-7-25(19-31(26)37)29-17-28-21-33(44-3)27(20-32(28)42-22-29)6-4-5-24-9-13-45-14-10-24/h7-8,16-17,19-22,24H,4-6,9-15,18H2,1-3H3/b23-16+,41-34?. The zero-order chi connectivity index (χ0) is 32.2. The van der Waals surface area contributed by atoms with Crippen molar-refractivity contribution in [1.29, 1.82) is 0 Å². The van der Waals surface area contributed by atoms with Gasteiger partial charge < -0.3 is 9.47 Å². The lowest BCUT2D eigenvalue weighted by Crippen LogP contribution is -2.32. The van der Waals surface area contributed by atoms with E-state index in [0.29, 0.717) is 17.1 Å². The Morgan fingerprint density at radius 3 is 2.51 bits per heavy atom. The number of aromatic nitrogens is 1. The largest absolute Gasteiger partial charge is 0.496 e. The van der Waals surface area contributed by atoms with Crippen molar-refractivity contribution in [1.82, 2.24) is 4.98 Å². The maximum Gasteiger partial charge on any atom is 0.399 e. The van der Waals surface area contributed by atoms with Crippen molar-refractivity contribution in [2.45, 2.75) is 70.9 Å². The van der Waals surface area contributed by atoms with Gasteiger partial charge >= 0.3 is 6.18 Å². The summed E-state index contributed by atoms with van der Waals surface area (Å²) < 4.78 is 66.9. The number of hydrogen-bond acceptors (Lipinski definition) is 5. The Balaban J connectivity index is 1.24. The SMILES string of the molecule is CN=C(/C=C(\C)CC(=O)Cc1ccc(-c2cnc3cc(CCCC4CCOCC4)c(OC)cc3c2)cc1F)C1(C(F)(F)F)CC1. The third-order valence-electron chi connectivity index (χ3n) is 9.14. The van der Waals surface area contributed by atoms with Crippen LogP contribution < -0.4 is 4.74 Å². The minimum absolute atomic E-state index is 0.00308. The highest BCUT2D eigenvalue weighted by molar-refractivity contribution is 6.03. The Labute approximate surface area is 261 Å². The molecule has 1 saturated carbocycles. The summed E-state index contributed by atoms with van der Waals surface area (Å²) in [7, 11) is 2.99. The van der Waals surface area contributed by atoms with E-state index in [1.165, 1.54) is 19.2 Å². The molecule has 0 N–H and O–H groups in total. The molecule has 2 aliphatic rings. The fourth-order valence-corrected chi connectivity index (χ4v) is 6.33. The fraction of sp³-hybridized carbons (Fsp3) is 0.472. The molecule has 1 saturated heterocycles. The summed E-state index contributed by atoms with van der Waals surface area (Å²) in [4.78, 5) is 21.3. The van der Waals surface area contributed by atoms with E-state index in [-0.39, 0.29) is 42.7 Å². The van der Waals surface area contributed by atoms with Crippen LogP contribution in [0.2, 0.25) is 0 Å². The van der Waals surface area contributed by atoms with Crippen LogP contribution in [0.15, 0.2) is 59.2 Å². The van der Waals surface area contributed by atoms with Gasteiger partial charge in [-0.2, -0.15) is 13.2 Å². The zero-order valence-corrected chi connectivity index (χ0v) is 26.1. The summed E-state index contributed by atoms with van der Waals surface area (Å²) in [5, 5.41) is 0.882. The highest BCUT2D eigenvalue weighted by atomic mass is 19.4. The summed E-state index contributed by atoms with van der Waals surface area (Å²) in [6.07, 6.45) is 3.83. The van der Waals surface area contributed by atoms with E-state index in [9.17, 15) is 18.0 Å². The first-order valence-corrected chi connectivity index (χ1v) is 15.6. The Kier molecular flexibility index (Phi) is 10.1. The number of fused-ring (bicyclic) bond motifs is 1. The number of aryl methyl sites for hydroxylation is 1. The van der Waals surface area contributed by atoms with Crippen molar-refractivity contribution >= 4 is 22.4 Å². The van der Waals surface area contributed by atoms with Crippen LogP contribution in [-0.4, -0.2) is 50.0 Å². The first kappa shape index (κ1) is 32.8. The molecule has 45 heavy (non-hydrogen) atoms. The van der Waals surface area contributed by atoms with Gasteiger partial charge in [-0.1, -0.05) is 17.7 Å². The van der Waals surface area contributed by atoms with E-state index in [2.05, 4.69) is 16.0 Å². The minimum atomic E-state index is -4.38. The van der Waals surface area contributed by atoms with Gasteiger partial charge in [-0.05, 0) is 105 Å². The van der Waals surface area contributed by atoms with Gasteiger partial charge in [0.25, 0.3) is 0 Å². The quantitative estimate of drug-likeness (QED) is 0.150. The number of ether oxygens (including phenoxy) is 2. The van der Waals surface area contributed by atoms with Crippen molar-refractivity contribution in [2.75, 3.05) is 27.4 Å². The third-order valence-corrected chi connectivity index (χ3v) is 9.14. The number of allylic oxidation sites excluding steroid dienone is 2. The average Bonchev–Trinajstić information content (AvgIpc) is 3.83. The van der Waals surface area contributed by atoms with E-state index in [1.807, 2.05) is 12.1 Å². The topological polar surface area (TPSA) is 60.8 Å². The van der Waals surface area contributed by atoms with E-state index >= 15 is 4.39 Å². The first-order valence-electron chi connectivity index (χ1n) is 15.6. The Morgan fingerprint density at radius 2 is 1.87 bits per heavy atom. The van der Waals surface area contributed by atoms with Crippen molar-refractivity contribution in [3.63, 3.8) is 0 Å².